The topological polar surface area (TPSA) is 75.4 Å². The van der Waals surface area contributed by atoms with Crippen molar-refractivity contribution < 1.29 is 9.59 Å². The number of nitrogen functional groups attached to an aromatic ring is 1. The molecule has 0 atom stereocenters. The number of rotatable bonds is 4. The van der Waals surface area contributed by atoms with Gasteiger partial charge in [-0.15, -0.1) is 0 Å². The molecule has 1 heterocycles. The van der Waals surface area contributed by atoms with E-state index >= 15 is 0 Å². The highest BCUT2D eigenvalue weighted by atomic mass is 16.2. The first kappa shape index (κ1) is 16.1. The number of likely N-dealkylation sites (tertiary alicyclic amines) is 1. The zero-order valence-electron chi connectivity index (χ0n) is 13.5. The molecule has 5 nitrogen and oxygen atoms in total. The van der Waals surface area contributed by atoms with Gasteiger partial charge < -0.3 is 16.0 Å². The fourth-order valence-corrected chi connectivity index (χ4v) is 2.89. The number of carbonyl (C=O) groups is 2. The van der Waals surface area contributed by atoms with Crippen molar-refractivity contribution in [2.75, 3.05) is 24.1 Å². The summed E-state index contributed by atoms with van der Waals surface area (Å²) in [5.74, 6) is -0.0515. The standard InChI is InChI=1S/C19H21N3O2/c20-16-5-3-4-14(12-16)13-18(23)21-17-8-6-15(7-9-17)19(24)22-10-1-2-11-22/h3-9,12H,1-2,10-11,13,20H2,(H,21,23). The van der Waals surface area contributed by atoms with Crippen LogP contribution in [0.3, 0.4) is 0 Å². The molecule has 124 valence electrons. The Bertz CT molecular complexity index is 735. The second kappa shape index (κ2) is 7.17. The van der Waals surface area contributed by atoms with Gasteiger partial charge in [-0.3, -0.25) is 9.59 Å². The van der Waals surface area contributed by atoms with Crippen LogP contribution in [-0.4, -0.2) is 29.8 Å². The van der Waals surface area contributed by atoms with Crippen LogP contribution in [0.1, 0.15) is 28.8 Å². The number of carbonyl (C=O) groups excluding carboxylic acids is 2. The van der Waals surface area contributed by atoms with E-state index in [4.69, 9.17) is 5.73 Å². The van der Waals surface area contributed by atoms with Crippen molar-refractivity contribution in [2.45, 2.75) is 19.3 Å². The van der Waals surface area contributed by atoms with Crippen LogP contribution in [0.4, 0.5) is 11.4 Å². The zero-order valence-corrected chi connectivity index (χ0v) is 13.5. The predicted octanol–water partition coefficient (Wildman–Crippen LogP) is 2.69. The Morgan fingerprint density at radius 3 is 2.42 bits per heavy atom. The van der Waals surface area contributed by atoms with E-state index in [0.717, 1.165) is 31.5 Å². The average molecular weight is 323 g/mol. The second-order valence-corrected chi connectivity index (χ2v) is 6.05. The van der Waals surface area contributed by atoms with Gasteiger partial charge >= 0.3 is 0 Å². The Balaban J connectivity index is 1.59. The molecule has 0 radical (unpaired) electrons. The lowest BCUT2D eigenvalue weighted by atomic mass is 10.1. The summed E-state index contributed by atoms with van der Waals surface area (Å²) in [6.07, 6.45) is 2.41. The van der Waals surface area contributed by atoms with Crippen molar-refractivity contribution >= 4 is 23.2 Å². The molecule has 24 heavy (non-hydrogen) atoms. The molecule has 0 bridgehead atoms. The molecule has 1 aliphatic heterocycles. The molecular formula is C19H21N3O2. The van der Waals surface area contributed by atoms with Crippen molar-refractivity contribution in [2.24, 2.45) is 0 Å². The largest absolute Gasteiger partial charge is 0.399 e. The van der Waals surface area contributed by atoms with Gasteiger partial charge in [-0.2, -0.15) is 0 Å². The van der Waals surface area contributed by atoms with Crippen molar-refractivity contribution in [1.82, 2.24) is 4.90 Å². The number of amides is 2. The Labute approximate surface area is 141 Å². The maximum atomic E-state index is 12.3. The summed E-state index contributed by atoms with van der Waals surface area (Å²) < 4.78 is 0. The first-order valence-electron chi connectivity index (χ1n) is 8.15. The normalized spacial score (nSPS) is 13.8. The van der Waals surface area contributed by atoms with Crippen molar-refractivity contribution in [3.8, 4) is 0 Å². The van der Waals surface area contributed by atoms with Gasteiger partial charge in [0.05, 0.1) is 6.42 Å². The number of benzene rings is 2. The Morgan fingerprint density at radius 1 is 1.04 bits per heavy atom. The van der Waals surface area contributed by atoms with Crippen LogP contribution in [0.15, 0.2) is 48.5 Å². The molecule has 3 N–H and O–H groups in total. The lowest BCUT2D eigenvalue weighted by molar-refractivity contribution is -0.115. The third-order valence-electron chi connectivity index (χ3n) is 4.12. The molecule has 2 aromatic carbocycles. The highest BCUT2D eigenvalue weighted by molar-refractivity contribution is 5.96. The van der Waals surface area contributed by atoms with Gasteiger partial charge in [-0.25, -0.2) is 0 Å². The van der Waals surface area contributed by atoms with Crippen LogP contribution in [0.5, 0.6) is 0 Å². The summed E-state index contributed by atoms with van der Waals surface area (Å²) in [5, 5.41) is 2.84. The van der Waals surface area contributed by atoms with Gasteiger partial charge in [0.2, 0.25) is 5.91 Å². The molecular weight excluding hydrogens is 302 g/mol. The molecule has 0 spiro atoms. The van der Waals surface area contributed by atoms with Crippen molar-refractivity contribution in [3.63, 3.8) is 0 Å². The first-order chi connectivity index (χ1) is 11.6. The minimum Gasteiger partial charge on any atom is -0.399 e. The van der Waals surface area contributed by atoms with Crippen molar-refractivity contribution in [3.05, 3.63) is 59.7 Å². The quantitative estimate of drug-likeness (QED) is 0.850. The van der Waals surface area contributed by atoms with E-state index in [0.29, 0.717) is 16.9 Å². The summed E-state index contributed by atoms with van der Waals surface area (Å²) in [6.45, 7) is 1.66. The highest BCUT2D eigenvalue weighted by Gasteiger charge is 2.19. The van der Waals surface area contributed by atoms with Gasteiger partial charge in [0, 0.05) is 30.0 Å². The van der Waals surface area contributed by atoms with E-state index in [1.807, 2.05) is 17.0 Å². The maximum Gasteiger partial charge on any atom is 0.253 e. The molecule has 1 fully saturated rings. The molecule has 0 saturated carbocycles. The third-order valence-corrected chi connectivity index (χ3v) is 4.12. The Hall–Kier alpha value is -2.82. The molecule has 3 rings (SSSR count). The highest BCUT2D eigenvalue weighted by Crippen LogP contribution is 2.16. The van der Waals surface area contributed by atoms with Crippen LogP contribution in [0.25, 0.3) is 0 Å². The molecule has 5 heteroatoms. The average Bonchev–Trinajstić information content (AvgIpc) is 3.09. The maximum absolute atomic E-state index is 12.3. The molecule has 0 aromatic heterocycles. The van der Waals surface area contributed by atoms with Crippen LogP contribution in [0.2, 0.25) is 0 Å². The van der Waals surface area contributed by atoms with Crippen molar-refractivity contribution in [1.29, 1.82) is 0 Å². The van der Waals surface area contributed by atoms with E-state index in [1.165, 1.54) is 0 Å². The first-order valence-corrected chi connectivity index (χ1v) is 8.15. The Morgan fingerprint density at radius 2 is 1.75 bits per heavy atom. The third kappa shape index (κ3) is 3.93. The molecule has 0 unspecified atom stereocenters. The van der Waals surface area contributed by atoms with E-state index in [9.17, 15) is 9.59 Å². The molecule has 0 aliphatic carbocycles. The SMILES string of the molecule is Nc1cccc(CC(=O)Nc2ccc(C(=O)N3CCCC3)cc2)c1. The fourth-order valence-electron chi connectivity index (χ4n) is 2.89. The Kier molecular flexibility index (Phi) is 4.79. The van der Waals surface area contributed by atoms with Crippen LogP contribution >= 0.6 is 0 Å². The van der Waals surface area contributed by atoms with Crippen LogP contribution in [0, 0.1) is 0 Å². The zero-order chi connectivity index (χ0) is 16.9. The van der Waals surface area contributed by atoms with Gasteiger partial charge in [-0.05, 0) is 54.8 Å². The minimum absolute atomic E-state index is 0.0603. The second-order valence-electron chi connectivity index (χ2n) is 6.05. The monoisotopic (exact) mass is 323 g/mol. The fraction of sp³-hybridized carbons (Fsp3) is 0.263. The molecule has 2 aromatic rings. The van der Waals surface area contributed by atoms with Gasteiger partial charge in [0.15, 0.2) is 0 Å². The summed E-state index contributed by atoms with van der Waals surface area (Å²) in [6, 6.07) is 14.3. The summed E-state index contributed by atoms with van der Waals surface area (Å²) in [7, 11) is 0. The molecule has 1 saturated heterocycles. The lowest BCUT2D eigenvalue weighted by Gasteiger charge is -2.15. The number of hydrogen-bond acceptors (Lipinski definition) is 3. The summed E-state index contributed by atoms with van der Waals surface area (Å²) in [5.41, 5.74) is 8.57. The van der Waals surface area contributed by atoms with E-state index in [1.54, 1.807) is 36.4 Å². The molecule has 1 aliphatic rings. The van der Waals surface area contributed by atoms with Gasteiger partial charge in [0.25, 0.3) is 5.91 Å². The smallest absolute Gasteiger partial charge is 0.253 e. The number of nitrogens with one attached hydrogen (secondary N) is 1. The van der Waals surface area contributed by atoms with Crippen LogP contribution in [-0.2, 0) is 11.2 Å². The van der Waals surface area contributed by atoms with Gasteiger partial charge in [-0.1, -0.05) is 12.1 Å². The van der Waals surface area contributed by atoms with Crippen LogP contribution < -0.4 is 11.1 Å². The number of nitrogens with zero attached hydrogens (tertiary/aromatic N) is 1. The number of anilines is 2. The number of hydrogen-bond donors (Lipinski definition) is 2. The predicted molar refractivity (Wildman–Crippen MR) is 94.8 cm³/mol. The number of nitrogens with two attached hydrogens (primary N) is 1. The summed E-state index contributed by atoms with van der Waals surface area (Å²) >= 11 is 0. The molecule has 2 amide bonds. The van der Waals surface area contributed by atoms with Gasteiger partial charge in [0.1, 0.15) is 0 Å². The van der Waals surface area contributed by atoms with E-state index in [2.05, 4.69) is 5.32 Å². The lowest BCUT2D eigenvalue weighted by Crippen LogP contribution is -2.27. The van der Waals surface area contributed by atoms with E-state index < -0.39 is 0 Å². The van der Waals surface area contributed by atoms with E-state index in [-0.39, 0.29) is 18.2 Å². The minimum atomic E-state index is -0.112. The summed E-state index contributed by atoms with van der Waals surface area (Å²) in [4.78, 5) is 26.2.